The second-order valence-electron chi connectivity index (χ2n) is 3.50. The molecule has 1 heteroatoms. The Labute approximate surface area is 56.4 Å². The van der Waals surface area contributed by atoms with Gasteiger partial charge in [0.1, 0.15) is 0 Å². The molecule has 0 N–H and O–H groups in total. The highest BCUT2D eigenvalue weighted by Crippen LogP contribution is 2.51. The minimum absolute atomic E-state index is 0.652. The maximum absolute atomic E-state index is 5.47. The predicted molar refractivity (Wildman–Crippen MR) is 36.3 cm³/mol. The van der Waals surface area contributed by atoms with Crippen molar-refractivity contribution in [1.29, 1.82) is 0 Å². The van der Waals surface area contributed by atoms with Crippen molar-refractivity contribution in [2.45, 2.75) is 38.7 Å². The third-order valence-electron chi connectivity index (χ3n) is 3.06. The van der Waals surface area contributed by atoms with Gasteiger partial charge in [0.15, 0.2) is 0 Å². The number of hydrogen-bond acceptors (Lipinski definition) is 1. The van der Waals surface area contributed by atoms with E-state index in [4.69, 9.17) is 4.74 Å². The molecule has 0 amide bonds. The zero-order valence-corrected chi connectivity index (χ0v) is 6.02. The highest BCUT2D eigenvalue weighted by molar-refractivity contribution is 4.96. The smallest absolute Gasteiger partial charge is 0.0585 e. The van der Waals surface area contributed by atoms with Crippen molar-refractivity contribution >= 4 is 0 Å². The second-order valence-corrected chi connectivity index (χ2v) is 3.50. The van der Waals surface area contributed by atoms with E-state index in [0.717, 1.165) is 12.0 Å². The first-order valence-corrected chi connectivity index (χ1v) is 3.96. The number of ether oxygens (including phenoxy) is 1. The molecule has 3 aliphatic rings. The van der Waals surface area contributed by atoms with Crippen LogP contribution in [-0.2, 0) is 4.74 Å². The molecule has 52 valence electrons. The van der Waals surface area contributed by atoms with Crippen LogP contribution in [0.5, 0.6) is 0 Å². The molecule has 0 atom stereocenters. The van der Waals surface area contributed by atoms with Crippen molar-refractivity contribution in [3.8, 4) is 0 Å². The van der Waals surface area contributed by atoms with Crippen LogP contribution in [0.3, 0.4) is 0 Å². The van der Waals surface area contributed by atoms with Crippen molar-refractivity contribution < 1.29 is 4.74 Å². The van der Waals surface area contributed by atoms with Crippen molar-refractivity contribution in [2.75, 3.05) is 6.61 Å². The van der Waals surface area contributed by atoms with Gasteiger partial charge in [-0.05, 0) is 24.7 Å². The summed E-state index contributed by atoms with van der Waals surface area (Å²) in [6, 6.07) is 0. The molecule has 3 fully saturated rings. The minimum Gasteiger partial charge on any atom is -0.378 e. The zero-order chi connectivity index (χ0) is 6.32. The third-order valence-corrected chi connectivity index (χ3v) is 3.06. The lowest BCUT2D eigenvalue weighted by Gasteiger charge is -2.51. The van der Waals surface area contributed by atoms with E-state index in [1.54, 1.807) is 0 Å². The van der Waals surface area contributed by atoms with Crippen LogP contribution in [0.4, 0.5) is 0 Å². The summed E-state index contributed by atoms with van der Waals surface area (Å²) in [6.07, 6.45) is 6.04. The van der Waals surface area contributed by atoms with Crippen LogP contribution in [0.2, 0.25) is 0 Å². The normalized spacial score (nSPS) is 48.3. The molecule has 9 heavy (non-hydrogen) atoms. The lowest BCUT2D eigenvalue weighted by molar-refractivity contribution is -0.148. The second kappa shape index (κ2) is 1.72. The first-order chi connectivity index (χ1) is 4.35. The average molecular weight is 126 g/mol. The SMILES string of the molecule is CCC12CCOC(C1)C2. The summed E-state index contributed by atoms with van der Waals surface area (Å²) in [5, 5.41) is 0. The summed E-state index contributed by atoms with van der Waals surface area (Å²) < 4.78 is 5.47. The molecule has 0 aromatic carbocycles. The molecule has 2 bridgehead atoms. The molecule has 0 aromatic rings. The Morgan fingerprint density at radius 1 is 1.56 bits per heavy atom. The molecule has 1 aliphatic carbocycles. The van der Waals surface area contributed by atoms with E-state index in [1.807, 2.05) is 0 Å². The molecule has 2 saturated heterocycles. The van der Waals surface area contributed by atoms with Gasteiger partial charge in [0.2, 0.25) is 0 Å². The maximum atomic E-state index is 5.47. The summed E-state index contributed by atoms with van der Waals surface area (Å²) >= 11 is 0. The molecule has 0 spiro atoms. The van der Waals surface area contributed by atoms with E-state index in [2.05, 4.69) is 6.92 Å². The first-order valence-electron chi connectivity index (χ1n) is 3.96. The lowest BCUT2D eigenvalue weighted by Crippen LogP contribution is -2.47. The standard InChI is InChI=1S/C8H14O/c1-2-8-3-4-9-7(5-8)6-8/h7H,2-6H2,1H3. The first kappa shape index (κ1) is 5.72. The monoisotopic (exact) mass is 126 g/mol. The van der Waals surface area contributed by atoms with Gasteiger partial charge in [-0.25, -0.2) is 0 Å². The summed E-state index contributed by atoms with van der Waals surface area (Å²) in [6.45, 7) is 3.33. The number of fused-ring (bicyclic) bond motifs is 2. The maximum Gasteiger partial charge on any atom is 0.0585 e. The fraction of sp³-hybridized carbons (Fsp3) is 1.00. The Morgan fingerprint density at radius 3 is 2.67 bits per heavy atom. The van der Waals surface area contributed by atoms with E-state index in [9.17, 15) is 0 Å². The highest BCUT2D eigenvalue weighted by Gasteiger charge is 2.46. The summed E-state index contributed by atoms with van der Waals surface area (Å²) in [7, 11) is 0. The zero-order valence-electron chi connectivity index (χ0n) is 6.02. The fourth-order valence-electron chi connectivity index (χ4n) is 2.14. The van der Waals surface area contributed by atoms with Gasteiger partial charge in [-0.15, -0.1) is 0 Å². The third kappa shape index (κ3) is 0.710. The van der Waals surface area contributed by atoms with Crippen LogP contribution >= 0.6 is 0 Å². The van der Waals surface area contributed by atoms with Gasteiger partial charge in [0.05, 0.1) is 6.10 Å². The Kier molecular flexibility index (Phi) is 1.10. The Bertz CT molecular complexity index is 108. The van der Waals surface area contributed by atoms with Gasteiger partial charge in [-0.3, -0.25) is 0 Å². The summed E-state index contributed by atoms with van der Waals surface area (Å²) in [4.78, 5) is 0. The molecule has 0 radical (unpaired) electrons. The molecule has 1 nitrogen and oxygen atoms in total. The van der Waals surface area contributed by atoms with Crippen molar-refractivity contribution in [1.82, 2.24) is 0 Å². The minimum atomic E-state index is 0.652. The molecule has 2 heterocycles. The molecule has 0 unspecified atom stereocenters. The quantitative estimate of drug-likeness (QED) is 0.522. The van der Waals surface area contributed by atoms with E-state index < -0.39 is 0 Å². The topological polar surface area (TPSA) is 9.23 Å². The van der Waals surface area contributed by atoms with E-state index in [0.29, 0.717) is 6.10 Å². The highest BCUT2D eigenvalue weighted by atomic mass is 16.5. The Morgan fingerprint density at radius 2 is 2.33 bits per heavy atom. The Balaban J connectivity index is 2.02. The molecule has 3 rings (SSSR count). The van der Waals surface area contributed by atoms with Gasteiger partial charge >= 0.3 is 0 Å². The van der Waals surface area contributed by atoms with Gasteiger partial charge < -0.3 is 4.74 Å². The summed E-state index contributed by atoms with van der Waals surface area (Å²) in [5.74, 6) is 0. The van der Waals surface area contributed by atoms with Crippen LogP contribution in [0.25, 0.3) is 0 Å². The van der Waals surface area contributed by atoms with Gasteiger partial charge in [0.25, 0.3) is 0 Å². The molecular weight excluding hydrogens is 112 g/mol. The van der Waals surface area contributed by atoms with Crippen LogP contribution in [0.15, 0.2) is 0 Å². The van der Waals surface area contributed by atoms with Crippen LogP contribution in [0.1, 0.15) is 32.6 Å². The van der Waals surface area contributed by atoms with Gasteiger partial charge in [-0.2, -0.15) is 0 Å². The molecular formula is C8H14O. The fourth-order valence-corrected chi connectivity index (χ4v) is 2.14. The number of rotatable bonds is 1. The summed E-state index contributed by atoms with van der Waals surface area (Å²) in [5.41, 5.74) is 0.739. The van der Waals surface area contributed by atoms with Gasteiger partial charge in [-0.1, -0.05) is 13.3 Å². The predicted octanol–water partition coefficient (Wildman–Crippen LogP) is 1.97. The van der Waals surface area contributed by atoms with E-state index >= 15 is 0 Å². The van der Waals surface area contributed by atoms with E-state index in [-0.39, 0.29) is 0 Å². The van der Waals surface area contributed by atoms with Crippen LogP contribution in [-0.4, -0.2) is 12.7 Å². The largest absolute Gasteiger partial charge is 0.378 e. The van der Waals surface area contributed by atoms with Crippen LogP contribution < -0.4 is 0 Å². The molecule has 1 saturated carbocycles. The van der Waals surface area contributed by atoms with E-state index in [1.165, 1.54) is 25.7 Å². The Hall–Kier alpha value is -0.0400. The van der Waals surface area contributed by atoms with Crippen molar-refractivity contribution in [3.05, 3.63) is 0 Å². The average Bonchev–Trinajstić information content (AvgIpc) is 1.88. The van der Waals surface area contributed by atoms with Gasteiger partial charge in [0, 0.05) is 6.61 Å². The lowest BCUT2D eigenvalue weighted by atomic mass is 9.62. The number of hydrogen-bond donors (Lipinski definition) is 0. The van der Waals surface area contributed by atoms with Crippen molar-refractivity contribution in [2.24, 2.45) is 5.41 Å². The molecule has 0 aromatic heterocycles. The van der Waals surface area contributed by atoms with Crippen molar-refractivity contribution in [3.63, 3.8) is 0 Å². The van der Waals surface area contributed by atoms with Crippen LogP contribution in [0, 0.1) is 5.41 Å². The molecule has 2 aliphatic heterocycles.